The molecule has 3 aromatic heterocycles. The Morgan fingerprint density at radius 1 is 0.286 bits per heavy atom. The van der Waals surface area contributed by atoms with Gasteiger partial charge in [-0.25, -0.2) is 9.97 Å². The number of aromatic nitrogens is 2. The lowest BCUT2D eigenvalue weighted by Gasteiger charge is -2.14. The Kier molecular flexibility index (Phi) is 7.90. The molecule has 0 amide bonds. The summed E-state index contributed by atoms with van der Waals surface area (Å²) in [6.45, 7) is 0. The predicted octanol–water partition coefficient (Wildman–Crippen LogP) is 15.2. The van der Waals surface area contributed by atoms with Crippen LogP contribution in [0.15, 0.2) is 194 Å². The van der Waals surface area contributed by atoms with Crippen LogP contribution < -0.4 is 0 Å². The quantitative estimate of drug-likeness (QED) is 0.169. The molecule has 3 heterocycles. The summed E-state index contributed by atoms with van der Waals surface area (Å²) >= 11 is 3.71. The summed E-state index contributed by atoms with van der Waals surface area (Å²) in [5, 5.41) is 5.21. The Labute approximate surface area is 332 Å². The highest BCUT2D eigenvalue weighted by molar-refractivity contribution is 7.26. The Balaban J connectivity index is 1.06. The highest BCUT2D eigenvalue weighted by Crippen LogP contribution is 2.42. The second-order valence-electron chi connectivity index (χ2n) is 14.2. The molecule has 0 spiro atoms. The molecule has 8 aromatic carbocycles. The van der Waals surface area contributed by atoms with Gasteiger partial charge in [0.2, 0.25) is 0 Å². The molecule has 0 unspecified atom stereocenters. The zero-order chi connectivity index (χ0) is 37.0. The van der Waals surface area contributed by atoms with Gasteiger partial charge in [0.05, 0.1) is 11.4 Å². The van der Waals surface area contributed by atoms with E-state index in [0.717, 1.165) is 33.6 Å². The topological polar surface area (TPSA) is 25.8 Å². The molecule has 0 saturated heterocycles. The fourth-order valence-corrected chi connectivity index (χ4v) is 10.2. The molecule has 0 saturated carbocycles. The van der Waals surface area contributed by atoms with Gasteiger partial charge in [0.1, 0.15) is 0 Å². The average Bonchev–Trinajstić information content (AvgIpc) is 3.85. The largest absolute Gasteiger partial charge is 0.228 e. The van der Waals surface area contributed by atoms with E-state index in [0.29, 0.717) is 5.82 Å². The summed E-state index contributed by atoms with van der Waals surface area (Å²) in [4.78, 5) is 10.5. The number of hydrogen-bond donors (Lipinski definition) is 0. The molecule has 262 valence electrons. The lowest BCUT2D eigenvalue weighted by Crippen LogP contribution is -1.96. The Bertz CT molecular complexity index is 3230. The van der Waals surface area contributed by atoms with E-state index in [-0.39, 0.29) is 0 Å². The molecule has 0 fully saturated rings. The Hall–Kier alpha value is -6.72. The van der Waals surface area contributed by atoms with Crippen molar-refractivity contribution in [1.82, 2.24) is 9.97 Å². The number of thiophene rings is 2. The van der Waals surface area contributed by atoms with Crippen LogP contribution in [0.4, 0.5) is 0 Å². The van der Waals surface area contributed by atoms with Crippen molar-refractivity contribution in [3.8, 4) is 67.3 Å². The molecule has 11 rings (SSSR count). The van der Waals surface area contributed by atoms with Crippen molar-refractivity contribution >= 4 is 63.0 Å². The number of hydrogen-bond acceptors (Lipinski definition) is 4. The first-order chi connectivity index (χ1) is 27.7. The molecule has 2 nitrogen and oxygen atoms in total. The maximum absolute atomic E-state index is 5.27. The van der Waals surface area contributed by atoms with Gasteiger partial charge in [0.25, 0.3) is 0 Å². The van der Waals surface area contributed by atoms with Crippen LogP contribution in [0.25, 0.3) is 108 Å². The maximum atomic E-state index is 5.27. The zero-order valence-electron chi connectivity index (χ0n) is 30.2. The molecule has 0 radical (unpaired) electrons. The maximum Gasteiger partial charge on any atom is 0.160 e. The minimum Gasteiger partial charge on any atom is -0.228 e. The second-order valence-corrected chi connectivity index (χ2v) is 16.3. The number of nitrogens with zero attached hydrogens (tertiary/aromatic N) is 2. The summed E-state index contributed by atoms with van der Waals surface area (Å²) in [6.07, 6.45) is 0. The molecule has 0 aliphatic carbocycles. The van der Waals surface area contributed by atoms with Crippen molar-refractivity contribution in [1.29, 1.82) is 0 Å². The van der Waals surface area contributed by atoms with Crippen LogP contribution in [0.1, 0.15) is 0 Å². The van der Waals surface area contributed by atoms with Crippen molar-refractivity contribution in [3.05, 3.63) is 194 Å². The van der Waals surface area contributed by atoms with Crippen LogP contribution >= 0.6 is 22.7 Å². The first-order valence-electron chi connectivity index (χ1n) is 18.8. The molecule has 0 N–H and O–H groups in total. The van der Waals surface area contributed by atoms with Crippen LogP contribution in [0.5, 0.6) is 0 Å². The molecule has 56 heavy (non-hydrogen) atoms. The third kappa shape index (κ3) is 5.79. The third-order valence-electron chi connectivity index (χ3n) is 10.7. The van der Waals surface area contributed by atoms with Crippen LogP contribution in [-0.4, -0.2) is 9.97 Å². The summed E-state index contributed by atoms with van der Waals surface area (Å²) < 4.78 is 5.23. The minimum atomic E-state index is 0.704. The van der Waals surface area contributed by atoms with E-state index in [1.54, 1.807) is 0 Å². The van der Waals surface area contributed by atoms with E-state index in [1.807, 2.05) is 40.9 Å². The zero-order valence-corrected chi connectivity index (χ0v) is 31.8. The van der Waals surface area contributed by atoms with Gasteiger partial charge >= 0.3 is 0 Å². The van der Waals surface area contributed by atoms with Crippen molar-refractivity contribution in [2.24, 2.45) is 0 Å². The van der Waals surface area contributed by atoms with Crippen LogP contribution in [0.2, 0.25) is 0 Å². The fraction of sp³-hybridized carbons (Fsp3) is 0. The predicted molar refractivity (Wildman–Crippen MR) is 240 cm³/mol. The molecule has 0 bridgehead atoms. The molecular formula is C52H32N2S2. The Morgan fingerprint density at radius 2 is 0.821 bits per heavy atom. The van der Waals surface area contributed by atoms with E-state index in [4.69, 9.17) is 9.97 Å². The van der Waals surface area contributed by atoms with Crippen molar-refractivity contribution < 1.29 is 0 Å². The summed E-state index contributed by atoms with van der Waals surface area (Å²) in [5.74, 6) is 0.704. The van der Waals surface area contributed by atoms with Gasteiger partial charge in [-0.1, -0.05) is 146 Å². The molecule has 11 aromatic rings. The summed E-state index contributed by atoms with van der Waals surface area (Å²) in [7, 11) is 0. The first kappa shape index (κ1) is 32.7. The van der Waals surface area contributed by atoms with Crippen molar-refractivity contribution in [2.75, 3.05) is 0 Å². The van der Waals surface area contributed by atoms with E-state index >= 15 is 0 Å². The van der Waals surface area contributed by atoms with Gasteiger partial charge < -0.3 is 0 Å². The lowest BCUT2D eigenvalue weighted by atomic mass is 9.93. The van der Waals surface area contributed by atoms with Gasteiger partial charge in [-0.05, 0) is 81.9 Å². The normalized spacial score (nSPS) is 11.6. The third-order valence-corrected chi connectivity index (χ3v) is 13.1. The first-order valence-corrected chi connectivity index (χ1v) is 20.4. The van der Waals surface area contributed by atoms with Crippen LogP contribution in [0.3, 0.4) is 0 Å². The summed E-state index contributed by atoms with van der Waals surface area (Å²) in [6, 6.07) is 69.7. The van der Waals surface area contributed by atoms with Gasteiger partial charge in [0.15, 0.2) is 5.82 Å². The molecule has 0 atom stereocenters. The van der Waals surface area contributed by atoms with Crippen molar-refractivity contribution in [2.45, 2.75) is 0 Å². The van der Waals surface area contributed by atoms with E-state index in [2.05, 4.69) is 176 Å². The van der Waals surface area contributed by atoms with Gasteiger partial charge in [-0.2, -0.15) is 0 Å². The molecule has 4 heteroatoms. The molecule has 0 aliphatic rings. The highest BCUT2D eigenvalue weighted by atomic mass is 32.1. The standard InChI is InChI=1S/C52H32N2S2/c1-3-12-33(13-4-1)38-28-39(41-18-11-19-44-42-16-7-10-21-49(42)56-51(41)44)30-40(29-38)47-32-46(53-52(54-47)36-14-5-2-6-15-36)35-24-22-34(23-25-35)37-26-27-50-45(31-37)43-17-8-9-20-48(43)55-50/h1-32H. The molecular weight excluding hydrogens is 717 g/mol. The lowest BCUT2D eigenvalue weighted by molar-refractivity contribution is 1.18. The van der Waals surface area contributed by atoms with Crippen LogP contribution in [-0.2, 0) is 0 Å². The smallest absolute Gasteiger partial charge is 0.160 e. The monoisotopic (exact) mass is 748 g/mol. The SMILES string of the molecule is c1ccc(-c2cc(-c3cc(-c4ccc(-c5ccc6sc7ccccc7c6c5)cc4)nc(-c4ccccc4)n3)cc(-c3cccc4c3sc3ccccc34)c2)cc1. The minimum absolute atomic E-state index is 0.704. The fourth-order valence-electron chi connectivity index (χ4n) is 7.90. The second kappa shape index (κ2) is 13.5. The highest BCUT2D eigenvalue weighted by Gasteiger charge is 2.16. The van der Waals surface area contributed by atoms with Gasteiger partial charge in [-0.3, -0.25) is 0 Å². The van der Waals surface area contributed by atoms with E-state index in [9.17, 15) is 0 Å². The van der Waals surface area contributed by atoms with Gasteiger partial charge in [0, 0.05) is 57.0 Å². The van der Waals surface area contributed by atoms with Crippen molar-refractivity contribution in [3.63, 3.8) is 0 Å². The number of benzene rings is 8. The number of fused-ring (bicyclic) bond motifs is 6. The summed E-state index contributed by atoms with van der Waals surface area (Å²) in [5.41, 5.74) is 12.0. The Morgan fingerprint density at radius 3 is 1.59 bits per heavy atom. The van der Waals surface area contributed by atoms with E-state index < -0.39 is 0 Å². The van der Waals surface area contributed by atoms with E-state index in [1.165, 1.54) is 68.2 Å². The number of rotatable bonds is 6. The molecule has 0 aliphatic heterocycles. The van der Waals surface area contributed by atoms with Gasteiger partial charge in [-0.15, -0.1) is 22.7 Å². The average molecular weight is 749 g/mol. The van der Waals surface area contributed by atoms with Crippen LogP contribution in [0, 0.1) is 0 Å².